The van der Waals surface area contributed by atoms with Gasteiger partial charge in [0, 0.05) is 0 Å². The maximum atomic E-state index is 3.84. The first-order chi connectivity index (χ1) is 11.8. The molecule has 0 saturated carbocycles. The zero-order valence-electron chi connectivity index (χ0n) is 13.8. The molecule has 0 amide bonds. The van der Waals surface area contributed by atoms with Crippen molar-refractivity contribution in [2.24, 2.45) is 0 Å². The van der Waals surface area contributed by atoms with Gasteiger partial charge in [-0.05, 0) is 23.6 Å². The predicted octanol–water partition coefficient (Wildman–Crippen LogP) is 4.53. The summed E-state index contributed by atoms with van der Waals surface area (Å²) in [4.78, 5) is 0. The highest BCUT2D eigenvalue weighted by Gasteiger charge is 2.43. The zero-order chi connectivity index (χ0) is 16.4. The van der Waals surface area contributed by atoms with E-state index in [0.717, 1.165) is 0 Å². The Morgan fingerprint density at radius 1 is 0.583 bits per heavy atom. The molecule has 1 aliphatic heterocycles. The summed E-state index contributed by atoms with van der Waals surface area (Å²) in [5.41, 5.74) is 3.60. The molecular formula is C22H22N2. The molecule has 2 N–H and O–H groups in total. The lowest BCUT2D eigenvalue weighted by Gasteiger charge is -2.26. The second-order valence-corrected chi connectivity index (χ2v) is 6.56. The third-order valence-corrected chi connectivity index (χ3v) is 4.89. The largest absolute Gasteiger partial charge is 0.287 e. The molecular weight excluding hydrogens is 292 g/mol. The van der Waals surface area contributed by atoms with Gasteiger partial charge in [-0.25, -0.2) is 0 Å². The van der Waals surface area contributed by atoms with Crippen LogP contribution in [0.5, 0.6) is 0 Å². The van der Waals surface area contributed by atoms with E-state index in [1.165, 1.54) is 16.7 Å². The minimum absolute atomic E-state index is 0.221. The molecule has 0 bridgehead atoms. The van der Waals surface area contributed by atoms with E-state index in [0.29, 0.717) is 0 Å². The van der Waals surface area contributed by atoms with E-state index in [4.69, 9.17) is 0 Å². The Hall–Kier alpha value is -2.42. The number of nitrogens with one attached hydrogen (secondary N) is 2. The quantitative estimate of drug-likeness (QED) is 0.742. The number of benzene rings is 3. The molecule has 0 spiro atoms. The minimum atomic E-state index is -0.262. The second-order valence-electron chi connectivity index (χ2n) is 6.56. The molecule has 3 aromatic carbocycles. The highest BCUT2D eigenvalue weighted by molar-refractivity contribution is 5.34. The van der Waals surface area contributed by atoms with Crippen LogP contribution in [0.3, 0.4) is 0 Å². The van der Waals surface area contributed by atoms with Crippen LogP contribution in [0.25, 0.3) is 0 Å². The Labute approximate surface area is 143 Å². The summed E-state index contributed by atoms with van der Waals surface area (Å²) in [5.74, 6) is 0. The van der Waals surface area contributed by atoms with E-state index in [2.05, 4.69) is 109 Å². The number of hydrogen-bond donors (Lipinski definition) is 2. The molecule has 3 aromatic rings. The van der Waals surface area contributed by atoms with Crippen molar-refractivity contribution >= 4 is 0 Å². The number of rotatable bonds is 3. The SMILES string of the molecule is CC1(c2ccccc2)NC(c2ccccc2)C(c2ccccc2)N1. The summed E-state index contributed by atoms with van der Waals surface area (Å²) < 4.78 is 0. The molecule has 1 aliphatic rings. The molecule has 4 rings (SSSR count). The molecule has 1 fully saturated rings. The average Bonchev–Trinajstić information content (AvgIpc) is 3.03. The van der Waals surface area contributed by atoms with E-state index >= 15 is 0 Å². The minimum Gasteiger partial charge on any atom is -0.287 e. The molecule has 1 heterocycles. The van der Waals surface area contributed by atoms with Crippen LogP contribution < -0.4 is 10.6 Å². The van der Waals surface area contributed by atoms with Gasteiger partial charge in [-0.2, -0.15) is 0 Å². The highest BCUT2D eigenvalue weighted by Crippen LogP contribution is 2.40. The first-order valence-electron chi connectivity index (χ1n) is 8.47. The van der Waals surface area contributed by atoms with Crippen LogP contribution in [0.2, 0.25) is 0 Å². The van der Waals surface area contributed by atoms with Crippen LogP contribution in [-0.4, -0.2) is 0 Å². The fraction of sp³-hybridized carbons (Fsp3) is 0.182. The molecule has 2 nitrogen and oxygen atoms in total. The van der Waals surface area contributed by atoms with Crippen LogP contribution in [0.15, 0.2) is 91.0 Å². The molecule has 2 unspecified atom stereocenters. The fourth-order valence-electron chi connectivity index (χ4n) is 3.64. The summed E-state index contributed by atoms with van der Waals surface area (Å²) in [6.07, 6.45) is 0. The van der Waals surface area contributed by atoms with Crippen LogP contribution >= 0.6 is 0 Å². The third kappa shape index (κ3) is 2.75. The smallest absolute Gasteiger partial charge is 0.0931 e. The van der Waals surface area contributed by atoms with Crippen molar-refractivity contribution < 1.29 is 0 Å². The maximum Gasteiger partial charge on any atom is 0.0931 e. The van der Waals surface area contributed by atoms with Gasteiger partial charge in [-0.3, -0.25) is 10.6 Å². The summed E-state index contributed by atoms with van der Waals surface area (Å²) in [6, 6.07) is 32.4. The van der Waals surface area contributed by atoms with Crippen molar-refractivity contribution in [1.29, 1.82) is 0 Å². The van der Waals surface area contributed by atoms with Crippen LogP contribution in [0.1, 0.15) is 35.7 Å². The molecule has 0 aliphatic carbocycles. The molecule has 1 saturated heterocycles. The molecule has 0 aromatic heterocycles. The molecule has 24 heavy (non-hydrogen) atoms. The lowest BCUT2D eigenvalue weighted by Crippen LogP contribution is -2.43. The van der Waals surface area contributed by atoms with Gasteiger partial charge in [-0.1, -0.05) is 91.0 Å². The molecule has 120 valence electrons. The van der Waals surface area contributed by atoms with Gasteiger partial charge in [0.05, 0.1) is 17.7 Å². The Bertz CT molecular complexity index is 736. The standard InChI is InChI=1S/C22H22N2/c1-22(19-15-9-4-10-16-19)23-20(17-11-5-2-6-12-17)21(24-22)18-13-7-3-8-14-18/h2-16,20-21,23-24H,1H3. The summed E-state index contributed by atoms with van der Waals surface area (Å²) in [7, 11) is 0. The van der Waals surface area contributed by atoms with Gasteiger partial charge in [0.2, 0.25) is 0 Å². The van der Waals surface area contributed by atoms with E-state index in [1.807, 2.05) is 0 Å². The van der Waals surface area contributed by atoms with Crippen molar-refractivity contribution in [3.63, 3.8) is 0 Å². The first-order valence-corrected chi connectivity index (χ1v) is 8.47. The summed E-state index contributed by atoms with van der Waals surface area (Å²) in [5, 5.41) is 7.67. The fourth-order valence-corrected chi connectivity index (χ4v) is 3.64. The average molecular weight is 314 g/mol. The van der Waals surface area contributed by atoms with Gasteiger partial charge in [-0.15, -0.1) is 0 Å². The monoisotopic (exact) mass is 314 g/mol. The number of hydrogen-bond acceptors (Lipinski definition) is 2. The van der Waals surface area contributed by atoms with Crippen LogP contribution in [0.4, 0.5) is 0 Å². The topological polar surface area (TPSA) is 24.1 Å². The van der Waals surface area contributed by atoms with Crippen LogP contribution in [0, 0.1) is 0 Å². The Morgan fingerprint density at radius 3 is 1.38 bits per heavy atom. The normalized spacial score (nSPS) is 26.4. The predicted molar refractivity (Wildman–Crippen MR) is 98.4 cm³/mol. The summed E-state index contributed by atoms with van der Waals surface area (Å²) >= 11 is 0. The summed E-state index contributed by atoms with van der Waals surface area (Å²) in [6.45, 7) is 2.22. The zero-order valence-corrected chi connectivity index (χ0v) is 13.8. The first kappa shape index (κ1) is 15.1. The van der Waals surface area contributed by atoms with Crippen LogP contribution in [-0.2, 0) is 5.66 Å². The second kappa shape index (κ2) is 6.23. The van der Waals surface area contributed by atoms with E-state index in [9.17, 15) is 0 Å². The van der Waals surface area contributed by atoms with E-state index < -0.39 is 0 Å². The van der Waals surface area contributed by atoms with Crippen molar-refractivity contribution in [2.75, 3.05) is 0 Å². The van der Waals surface area contributed by atoms with Crippen molar-refractivity contribution in [3.05, 3.63) is 108 Å². The highest BCUT2D eigenvalue weighted by atomic mass is 15.3. The Morgan fingerprint density at radius 2 is 0.958 bits per heavy atom. The van der Waals surface area contributed by atoms with Gasteiger partial charge in [0.15, 0.2) is 0 Å². The Balaban J connectivity index is 1.76. The Kier molecular flexibility index (Phi) is 3.93. The van der Waals surface area contributed by atoms with Crippen molar-refractivity contribution in [3.8, 4) is 0 Å². The van der Waals surface area contributed by atoms with Gasteiger partial charge in [0.25, 0.3) is 0 Å². The lowest BCUT2D eigenvalue weighted by molar-refractivity contribution is 0.363. The van der Waals surface area contributed by atoms with Gasteiger partial charge in [0.1, 0.15) is 0 Å². The molecule has 2 atom stereocenters. The molecule has 0 radical (unpaired) electrons. The molecule has 2 heteroatoms. The maximum absolute atomic E-state index is 3.84. The van der Waals surface area contributed by atoms with E-state index in [1.54, 1.807) is 0 Å². The van der Waals surface area contributed by atoms with E-state index in [-0.39, 0.29) is 17.7 Å². The van der Waals surface area contributed by atoms with Crippen molar-refractivity contribution in [1.82, 2.24) is 10.6 Å². The lowest BCUT2D eigenvalue weighted by atomic mass is 9.95. The third-order valence-electron chi connectivity index (χ3n) is 4.89. The van der Waals surface area contributed by atoms with Crippen molar-refractivity contribution in [2.45, 2.75) is 24.7 Å². The van der Waals surface area contributed by atoms with Gasteiger partial charge >= 0.3 is 0 Å². The van der Waals surface area contributed by atoms with Gasteiger partial charge < -0.3 is 0 Å².